The monoisotopic (exact) mass is 696 g/mol. The van der Waals surface area contributed by atoms with Gasteiger partial charge in [-0.1, -0.05) is 23.7 Å². The summed E-state index contributed by atoms with van der Waals surface area (Å²) in [6.07, 6.45) is 2.99. The van der Waals surface area contributed by atoms with Crippen molar-refractivity contribution in [3.8, 4) is 11.8 Å². The number of ether oxygens (including phenoxy) is 1. The number of carbonyl (C=O) groups excluding carboxylic acids is 4. The smallest absolute Gasteiger partial charge is 0.269 e. The maximum Gasteiger partial charge on any atom is 0.269 e. The van der Waals surface area contributed by atoms with Gasteiger partial charge in [-0.3, -0.25) is 29.0 Å². The van der Waals surface area contributed by atoms with Gasteiger partial charge in [0.2, 0.25) is 5.91 Å². The summed E-state index contributed by atoms with van der Waals surface area (Å²) in [5, 5.41) is 17.5. The van der Waals surface area contributed by atoms with E-state index in [0.29, 0.717) is 66.4 Å². The van der Waals surface area contributed by atoms with Gasteiger partial charge in [0.05, 0.1) is 16.7 Å². The van der Waals surface area contributed by atoms with E-state index >= 15 is 0 Å². The van der Waals surface area contributed by atoms with Crippen LogP contribution in [0.5, 0.6) is 5.75 Å². The second kappa shape index (κ2) is 14.0. The highest BCUT2D eigenvalue weighted by atomic mass is 35.5. The van der Waals surface area contributed by atoms with E-state index in [1.165, 1.54) is 4.90 Å². The average molecular weight is 697 g/mol. The number of fused-ring (bicyclic) bond motifs is 1. The topological polar surface area (TPSA) is 166 Å². The summed E-state index contributed by atoms with van der Waals surface area (Å²) < 4.78 is 6.11. The van der Waals surface area contributed by atoms with E-state index in [0.717, 1.165) is 43.9 Å². The van der Waals surface area contributed by atoms with Crippen molar-refractivity contribution in [1.29, 1.82) is 5.26 Å². The molecule has 4 heterocycles. The number of piperidine rings is 1. The normalized spacial score (nSPS) is 22.8. The van der Waals surface area contributed by atoms with Crippen molar-refractivity contribution in [1.82, 2.24) is 24.9 Å². The van der Waals surface area contributed by atoms with Gasteiger partial charge in [-0.05, 0) is 73.6 Å². The molecule has 14 heteroatoms. The van der Waals surface area contributed by atoms with Gasteiger partial charge in [0.15, 0.2) is 11.5 Å². The molecule has 1 aromatic heterocycles. The van der Waals surface area contributed by atoms with E-state index in [4.69, 9.17) is 27.3 Å². The summed E-state index contributed by atoms with van der Waals surface area (Å²) in [5.74, 6) is 0.0316. The Bertz CT molecular complexity index is 1860. The molecule has 2 aromatic carbocycles. The molecule has 1 saturated carbocycles. The van der Waals surface area contributed by atoms with E-state index in [-0.39, 0.29) is 42.0 Å². The van der Waals surface area contributed by atoms with Crippen LogP contribution in [0.1, 0.15) is 76.1 Å². The van der Waals surface area contributed by atoms with Gasteiger partial charge in [-0.25, -0.2) is 0 Å². The molecular weight excluding hydrogens is 660 g/mol. The predicted octanol–water partition coefficient (Wildman–Crippen LogP) is 3.29. The summed E-state index contributed by atoms with van der Waals surface area (Å²) in [6.45, 7) is 4.17. The van der Waals surface area contributed by atoms with Crippen LogP contribution in [0.2, 0.25) is 5.02 Å². The Morgan fingerprint density at radius 1 is 0.960 bits per heavy atom. The van der Waals surface area contributed by atoms with Crippen LogP contribution in [-0.2, 0) is 22.7 Å². The van der Waals surface area contributed by atoms with Gasteiger partial charge in [0.25, 0.3) is 17.7 Å². The van der Waals surface area contributed by atoms with Gasteiger partial charge >= 0.3 is 0 Å². The molecule has 0 spiro atoms. The second-order valence-corrected chi connectivity index (χ2v) is 13.7. The number of benzene rings is 2. The molecule has 0 radical (unpaired) electrons. The van der Waals surface area contributed by atoms with E-state index in [1.54, 1.807) is 35.2 Å². The zero-order valence-corrected chi connectivity index (χ0v) is 28.2. The molecule has 2 saturated heterocycles. The third kappa shape index (κ3) is 6.73. The molecule has 4 aliphatic rings. The summed E-state index contributed by atoms with van der Waals surface area (Å²) in [5.41, 5.74) is 8.38. The molecule has 1 aliphatic carbocycles. The van der Waals surface area contributed by atoms with Crippen molar-refractivity contribution in [3.05, 3.63) is 81.5 Å². The third-order valence-corrected chi connectivity index (χ3v) is 10.5. The van der Waals surface area contributed by atoms with Gasteiger partial charge < -0.3 is 20.3 Å². The van der Waals surface area contributed by atoms with Crippen molar-refractivity contribution >= 4 is 41.0 Å². The maximum atomic E-state index is 13.9. The van der Waals surface area contributed by atoms with E-state index < -0.39 is 11.9 Å². The lowest BCUT2D eigenvalue weighted by atomic mass is 9.89. The van der Waals surface area contributed by atoms with Crippen LogP contribution < -0.4 is 15.4 Å². The van der Waals surface area contributed by atoms with Crippen LogP contribution in [0.25, 0.3) is 0 Å². The third-order valence-electron chi connectivity index (χ3n) is 10.2. The highest BCUT2D eigenvalue weighted by Crippen LogP contribution is 2.34. The molecule has 3 fully saturated rings. The van der Waals surface area contributed by atoms with Crippen LogP contribution in [0.15, 0.2) is 48.5 Å². The van der Waals surface area contributed by atoms with Crippen LogP contribution in [-0.4, -0.2) is 92.9 Å². The zero-order valence-electron chi connectivity index (χ0n) is 27.5. The summed E-state index contributed by atoms with van der Waals surface area (Å²) in [4.78, 5) is 59.4. The molecule has 7 rings (SSSR count). The fourth-order valence-electron chi connectivity index (χ4n) is 7.50. The molecule has 2 N–H and O–H groups in total. The molecule has 13 nitrogen and oxygen atoms in total. The van der Waals surface area contributed by atoms with Crippen molar-refractivity contribution in [2.75, 3.05) is 31.1 Å². The lowest BCUT2D eigenvalue weighted by Crippen LogP contribution is -2.58. The van der Waals surface area contributed by atoms with Crippen LogP contribution in [0.4, 0.5) is 5.82 Å². The highest BCUT2D eigenvalue weighted by Gasteiger charge is 2.45. The molecule has 1 unspecified atom stereocenters. The van der Waals surface area contributed by atoms with Crippen molar-refractivity contribution < 1.29 is 23.9 Å². The van der Waals surface area contributed by atoms with Gasteiger partial charge in [-0.15, -0.1) is 10.2 Å². The van der Waals surface area contributed by atoms with Crippen LogP contribution in [0.3, 0.4) is 0 Å². The Balaban J connectivity index is 0.937. The number of aromatic nitrogens is 2. The fraction of sp³-hybridized carbons (Fsp3) is 0.417. The largest absolute Gasteiger partial charge is 0.490 e. The number of hydrogen-bond acceptors (Lipinski definition) is 10. The van der Waals surface area contributed by atoms with Crippen molar-refractivity contribution in [2.45, 2.75) is 69.8 Å². The number of hydrogen-bond donors (Lipinski definition) is 1. The van der Waals surface area contributed by atoms with Crippen LogP contribution >= 0.6 is 11.6 Å². The Labute approximate surface area is 294 Å². The van der Waals surface area contributed by atoms with E-state index in [2.05, 4.69) is 26.1 Å². The fourth-order valence-corrected chi connectivity index (χ4v) is 7.71. The first-order chi connectivity index (χ1) is 24.2. The lowest BCUT2D eigenvalue weighted by Gasteiger charge is -2.41. The standard InChI is InChI=1S/C36H37ClN8O5/c37-29-18-27(5-2-23(29)19-38)50-26-6-3-25(4-7-26)45-33(46)12-10-31(36(45)49)44-21-24-17-22(1-8-28(24)35(44)48)20-42-13-15-43(16-14-42)32-11-9-30(34(39)47)40-41-32/h1-2,5,8-9,11,17-18,25-26,31H,3-4,6-7,10,12-16,20-21H2,(H2,39,47). The molecule has 3 aliphatic heterocycles. The van der Waals surface area contributed by atoms with E-state index in [1.807, 2.05) is 18.2 Å². The maximum absolute atomic E-state index is 13.9. The second-order valence-electron chi connectivity index (χ2n) is 13.3. The Morgan fingerprint density at radius 3 is 2.42 bits per heavy atom. The molecular formula is C36H37ClN8O5. The Hall–Kier alpha value is -5.06. The first-order valence-electron chi connectivity index (χ1n) is 16.9. The van der Waals surface area contributed by atoms with Gasteiger partial charge in [0, 0.05) is 63.4 Å². The number of nitriles is 1. The number of amides is 4. The Morgan fingerprint density at radius 2 is 1.74 bits per heavy atom. The van der Waals surface area contributed by atoms with E-state index in [9.17, 15) is 19.2 Å². The van der Waals surface area contributed by atoms with Gasteiger partial charge in [0.1, 0.15) is 17.9 Å². The number of likely N-dealkylation sites (tertiary alicyclic amines) is 1. The minimum Gasteiger partial charge on any atom is -0.490 e. The number of carbonyl (C=O) groups is 4. The lowest BCUT2D eigenvalue weighted by molar-refractivity contribution is -0.156. The number of nitrogens with zero attached hydrogens (tertiary/aromatic N) is 7. The molecule has 1 atom stereocenters. The molecule has 3 aromatic rings. The number of primary amides is 1. The first kappa shape index (κ1) is 33.4. The molecule has 0 bridgehead atoms. The van der Waals surface area contributed by atoms with Crippen molar-refractivity contribution in [3.63, 3.8) is 0 Å². The summed E-state index contributed by atoms with van der Waals surface area (Å²) >= 11 is 6.16. The molecule has 50 heavy (non-hydrogen) atoms. The zero-order chi connectivity index (χ0) is 34.9. The predicted molar refractivity (Wildman–Crippen MR) is 182 cm³/mol. The van der Waals surface area contributed by atoms with Crippen LogP contribution in [0, 0.1) is 11.3 Å². The number of halogens is 1. The number of rotatable bonds is 8. The van der Waals surface area contributed by atoms with Gasteiger partial charge in [-0.2, -0.15) is 5.26 Å². The number of imide groups is 1. The number of piperazine rings is 1. The minimum absolute atomic E-state index is 0.0926. The number of anilines is 1. The first-order valence-corrected chi connectivity index (χ1v) is 17.3. The molecule has 4 amide bonds. The molecule has 258 valence electrons. The average Bonchev–Trinajstić information content (AvgIpc) is 3.44. The quantitative estimate of drug-likeness (QED) is 0.346. The van der Waals surface area contributed by atoms with Crippen molar-refractivity contribution in [2.24, 2.45) is 5.73 Å². The highest BCUT2D eigenvalue weighted by molar-refractivity contribution is 6.31. The minimum atomic E-state index is -0.681. The summed E-state index contributed by atoms with van der Waals surface area (Å²) in [6, 6.07) is 15.3. The SMILES string of the molecule is N#Cc1ccc(OC2CCC(N3C(=O)CCC(N4Cc5cc(CN6CCN(c7ccc(C(N)=O)nn7)CC6)ccc5C4=O)C3=O)CC2)cc1Cl. The summed E-state index contributed by atoms with van der Waals surface area (Å²) in [7, 11) is 0. The number of nitrogens with two attached hydrogens (primary N) is 1. The Kier molecular flexibility index (Phi) is 9.40.